The summed E-state index contributed by atoms with van der Waals surface area (Å²) >= 11 is 6.14. The van der Waals surface area contributed by atoms with Crippen LogP contribution in [0.1, 0.15) is 6.92 Å². The van der Waals surface area contributed by atoms with E-state index >= 15 is 0 Å². The monoisotopic (exact) mass is 235 g/mol. The van der Waals surface area contributed by atoms with Gasteiger partial charge in [0.1, 0.15) is 5.82 Å². The number of nitrogens with zero attached hydrogens (tertiary/aromatic N) is 2. The fourth-order valence-corrected chi connectivity index (χ4v) is 1.87. The molecule has 1 unspecified atom stereocenters. The predicted molar refractivity (Wildman–Crippen MR) is 66.3 cm³/mol. The number of rotatable bonds is 3. The van der Waals surface area contributed by atoms with Gasteiger partial charge in [-0.25, -0.2) is 4.98 Å². The summed E-state index contributed by atoms with van der Waals surface area (Å²) in [6, 6.07) is 7.77. The summed E-state index contributed by atoms with van der Waals surface area (Å²) in [5.74, 6) is 0.864. The summed E-state index contributed by atoms with van der Waals surface area (Å²) < 4.78 is 2.02. The Labute approximate surface area is 99.9 Å². The zero-order valence-electron chi connectivity index (χ0n) is 9.10. The van der Waals surface area contributed by atoms with Crippen LogP contribution in [0.5, 0.6) is 0 Å². The molecule has 0 radical (unpaired) electrons. The molecule has 2 aromatic rings. The number of benzene rings is 1. The number of hydrogen-bond donors (Lipinski definition) is 1. The first kappa shape index (κ1) is 11.2. The van der Waals surface area contributed by atoms with E-state index in [9.17, 15) is 0 Å². The number of hydrogen-bond acceptors (Lipinski definition) is 2. The van der Waals surface area contributed by atoms with Crippen molar-refractivity contribution in [2.75, 3.05) is 0 Å². The van der Waals surface area contributed by atoms with E-state index in [1.54, 1.807) is 6.20 Å². The van der Waals surface area contributed by atoms with E-state index in [-0.39, 0.29) is 6.04 Å². The third-order valence-electron chi connectivity index (χ3n) is 2.31. The molecule has 0 saturated carbocycles. The van der Waals surface area contributed by atoms with E-state index in [2.05, 4.69) is 4.98 Å². The normalized spacial score (nSPS) is 12.7. The van der Waals surface area contributed by atoms with Crippen LogP contribution in [-0.4, -0.2) is 15.6 Å². The number of imidazole rings is 1. The minimum absolute atomic E-state index is 0.0930. The lowest BCUT2D eigenvalue weighted by Crippen LogP contribution is -2.22. The largest absolute Gasteiger partial charge is 0.329 e. The van der Waals surface area contributed by atoms with Gasteiger partial charge in [-0.2, -0.15) is 0 Å². The fraction of sp³-hybridized carbons (Fsp3) is 0.250. The van der Waals surface area contributed by atoms with Crippen molar-refractivity contribution in [3.63, 3.8) is 0 Å². The van der Waals surface area contributed by atoms with Gasteiger partial charge in [0.15, 0.2) is 0 Å². The number of halogens is 1. The second kappa shape index (κ2) is 4.68. The molecule has 0 fully saturated rings. The molecule has 2 rings (SSSR count). The van der Waals surface area contributed by atoms with Crippen LogP contribution < -0.4 is 5.73 Å². The zero-order chi connectivity index (χ0) is 11.5. The Morgan fingerprint density at radius 3 is 2.88 bits per heavy atom. The van der Waals surface area contributed by atoms with Crippen LogP contribution >= 0.6 is 11.6 Å². The van der Waals surface area contributed by atoms with Crippen LogP contribution in [-0.2, 0) is 6.54 Å². The third-order valence-corrected chi connectivity index (χ3v) is 2.64. The smallest absolute Gasteiger partial charge is 0.141 e. The van der Waals surface area contributed by atoms with Gasteiger partial charge in [0.25, 0.3) is 0 Å². The van der Waals surface area contributed by atoms with Crippen molar-refractivity contribution < 1.29 is 0 Å². The summed E-state index contributed by atoms with van der Waals surface area (Å²) in [5, 5.41) is 0.708. The Bertz CT molecular complexity index is 477. The molecule has 1 aromatic heterocycles. The molecule has 2 N–H and O–H groups in total. The van der Waals surface area contributed by atoms with Crippen molar-refractivity contribution in [1.82, 2.24) is 9.55 Å². The van der Waals surface area contributed by atoms with Gasteiger partial charge >= 0.3 is 0 Å². The average molecular weight is 236 g/mol. The van der Waals surface area contributed by atoms with E-state index < -0.39 is 0 Å². The lowest BCUT2D eigenvalue weighted by molar-refractivity contribution is 0.594. The first-order valence-corrected chi connectivity index (χ1v) is 5.58. The maximum atomic E-state index is 6.14. The minimum atomic E-state index is 0.0930. The first-order chi connectivity index (χ1) is 7.68. The molecule has 0 aliphatic rings. The van der Waals surface area contributed by atoms with Crippen molar-refractivity contribution in [2.45, 2.75) is 19.5 Å². The van der Waals surface area contributed by atoms with Gasteiger partial charge in [-0.3, -0.25) is 0 Å². The highest BCUT2D eigenvalue weighted by molar-refractivity contribution is 6.33. The van der Waals surface area contributed by atoms with Crippen LogP contribution in [0.3, 0.4) is 0 Å². The number of aromatic nitrogens is 2. The van der Waals surface area contributed by atoms with E-state index in [1.807, 2.05) is 42.0 Å². The Morgan fingerprint density at radius 1 is 1.44 bits per heavy atom. The molecular formula is C12H14ClN3. The molecule has 0 bridgehead atoms. The van der Waals surface area contributed by atoms with Crippen molar-refractivity contribution in [2.24, 2.45) is 5.73 Å². The third kappa shape index (κ3) is 2.26. The van der Waals surface area contributed by atoms with E-state index in [4.69, 9.17) is 17.3 Å². The van der Waals surface area contributed by atoms with Gasteiger partial charge in [-0.15, -0.1) is 0 Å². The molecule has 0 aliphatic heterocycles. The number of nitrogens with two attached hydrogens (primary N) is 1. The minimum Gasteiger partial charge on any atom is -0.329 e. The molecule has 0 spiro atoms. The molecule has 0 aliphatic carbocycles. The molecular weight excluding hydrogens is 222 g/mol. The lowest BCUT2D eigenvalue weighted by Gasteiger charge is -2.11. The molecule has 1 heterocycles. The molecule has 4 heteroatoms. The maximum absolute atomic E-state index is 6.14. The summed E-state index contributed by atoms with van der Waals surface area (Å²) in [6.45, 7) is 2.71. The quantitative estimate of drug-likeness (QED) is 0.889. The summed E-state index contributed by atoms with van der Waals surface area (Å²) in [4.78, 5) is 4.32. The van der Waals surface area contributed by atoms with Crippen LogP contribution in [0.25, 0.3) is 11.4 Å². The lowest BCUT2D eigenvalue weighted by atomic mass is 10.2. The highest BCUT2D eigenvalue weighted by Gasteiger charge is 2.09. The van der Waals surface area contributed by atoms with Gasteiger partial charge in [0.2, 0.25) is 0 Å². The van der Waals surface area contributed by atoms with Gasteiger partial charge in [-0.1, -0.05) is 23.7 Å². The Hall–Kier alpha value is -1.32. The van der Waals surface area contributed by atoms with Crippen LogP contribution in [0.2, 0.25) is 5.02 Å². The highest BCUT2D eigenvalue weighted by Crippen LogP contribution is 2.25. The van der Waals surface area contributed by atoms with E-state index in [0.717, 1.165) is 17.9 Å². The van der Waals surface area contributed by atoms with Crippen molar-refractivity contribution in [3.05, 3.63) is 41.7 Å². The van der Waals surface area contributed by atoms with Gasteiger partial charge in [-0.05, 0) is 19.1 Å². The fourth-order valence-electron chi connectivity index (χ4n) is 1.65. The molecule has 3 nitrogen and oxygen atoms in total. The Balaban J connectivity index is 2.41. The molecule has 0 saturated heterocycles. The predicted octanol–water partition coefficient (Wildman–Crippen LogP) is 2.55. The average Bonchev–Trinajstić information content (AvgIpc) is 2.66. The van der Waals surface area contributed by atoms with Crippen molar-refractivity contribution >= 4 is 11.6 Å². The summed E-state index contributed by atoms with van der Waals surface area (Å²) in [5.41, 5.74) is 6.73. The molecule has 84 valence electrons. The molecule has 1 atom stereocenters. The SMILES string of the molecule is CC(N)Cn1ccnc1-c1ccccc1Cl. The van der Waals surface area contributed by atoms with Gasteiger partial charge in [0.05, 0.1) is 5.02 Å². The maximum Gasteiger partial charge on any atom is 0.141 e. The van der Waals surface area contributed by atoms with Crippen molar-refractivity contribution in [1.29, 1.82) is 0 Å². The topological polar surface area (TPSA) is 43.8 Å². The second-order valence-electron chi connectivity index (χ2n) is 3.86. The van der Waals surface area contributed by atoms with E-state index in [0.29, 0.717) is 5.02 Å². The zero-order valence-corrected chi connectivity index (χ0v) is 9.85. The Morgan fingerprint density at radius 2 is 2.19 bits per heavy atom. The summed E-state index contributed by atoms with van der Waals surface area (Å²) in [6.07, 6.45) is 3.68. The van der Waals surface area contributed by atoms with Gasteiger partial charge in [0, 0.05) is 30.5 Å². The van der Waals surface area contributed by atoms with Crippen LogP contribution in [0.4, 0.5) is 0 Å². The first-order valence-electron chi connectivity index (χ1n) is 5.20. The second-order valence-corrected chi connectivity index (χ2v) is 4.27. The van der Waals surface area contributed by atoms with Gasteiger partial charge < -0.3 is 10.3 Å². The Kier molecular flexibility index (Phi) is 3.27. The molecule has 1 aromatic carbocycles. The van der Waals surface area contributed by atoms with E-state index in [1.165, 1.54) is 0 Å². The van der Waals surface area contributed by atoms with Crippen molar-refractivity contribution in [3.8, 4) is 11.4 Å². The highest BCUT2D eigenvalue weighted by atomic mass is 35.5. The standard InChI is InChI=1S/C12H14ClN3/c1-9(14)8-16-7-6-15-12(16)10-4-2-3-5-11(10)13/h2-7,9H,8,14H2,1H3. The summed E-state index contributed by atoms with van der Waals surface area (Å²) in [7, 11) is 0. The molecule has 16 heavy (non-hydrogen) atoms. The molecule has 0 amide bonds. The van der Waals surface area contributed by atoms with Crippen LogP contribution in [0, 0.1) is 0 Å². The van der Waals surface area contributed by atoms with Crippen LogP contribution in [0.15, 0.2) is 36.7 Å².